The van der Waals surface area contributed by atoms with Gasteiger partial charge in [-0.2, -0.15) is 0 Å². The lowest BCUT2D eigenvalue weighted by Gasteiger charge is -2.30. The van der Waals surface area contributed by atoms with Crippen molar-refractivity contribution in [2.75, 3.05) is 40.9 Å². The van der Waals surface area contributed by atoms with Crippen LogP contribution in [0.15, 0.2) is 18.2 Å². The SMILES string of the molecule is CCCCCCCC[N+](C)(C)CCOc1cc(OC)ccc1C(C)=O.[Br-]. The average Bonchev–Trinajstić information content (AvgIpc) is 2.57. The molecule has 0 aromatic heterocycles. The number of rotatable bonds is 13. The van der Waals surface area contributed by atoms with E-state index in [1.807, 2.05) is 0 Å². The fourth-order valence-corrected chi connectivity index (χ4v) is 2.87. The number of methoxy groups -OCH3 is 1. The maximum absolute atomic E-state index is 11.8. The van der Waals surface area contributed by atoms with Crippen molar-refractivity contribution in [3.05, 3.63) is 23.8 Å². The molecule has 1 aromatic rings. The second-order valence-electron chi connectivity index (χ2n) is 7.42. The second kappa shape index (κ2) is 13.2. The van der Waals surface area contributed by atoms with Gasteiger partial charge in [0.25, 0.3) is 0 Å². The van der Waals surface area contributed by atoms with Gasteiger partial charge in [-0.15, -0.1) is 0 Å². The zero-order chi connectivity index (χ0) is 18.7. The summed E-state index contributed by atoms with van der Waals surface area (Å²) in [6, 6.07) is 5.36. The van der Waals surface area contributed by atoms with Gasteiger partial charge in [-0.05, 0) is 31.9 Å². The largest absolute Gasteiger partial charge is 1.00 e. The first-order chi connectivity index (χ1) is 11.9. The van der Waals surface area contributed by atoms with Crippen molar-refractivity contribution in [2.24, 2.45) is 0 Å². The number of likely N-dealkylation sites (N-methyl/N-ethyl adjacent to an activating group) is 1. The zero-order valence-corrected chi connectivity index (χ0v) is 18.7. The predicted octanol–water partition coefficient (Wildman–Crippen LogP) is 1.72. The Hall–Kier alpha value is -1.07. The standard InChI is InChI=1S/C21H36NO3.BrH/c1-6-7-8-9-10-11-14-22(3,4)15-16-25-21-17-19(24-5)12-13-20(21)18(2)23;/h12-13,17H,6-11,14-16H2,1-5H3;1H/q+1;/p-1. The Morgan fingerprint density at radius 3 is 2.31 bits per heavy atom. The van der Waals surface area contributed by atoms with E-state index in [0.29, 0.717) is 23.7 Å². The van der Waals surface area contributed by atoms with Crippen LogP contribution >= 0.6 is 0 Å². The van der Waals surface area contributed by atoms with Crippen LogP contribution < -0.4 is 26.5 Å². The van der Waals surface area contributed by atoms with Gasteiger partial charge in [-0.3, -0.25) is 4.79 Å². The summed E-state index contributed by atoms with van der Waals surface area (Å²) in [6.45, 7) is 6.49. The molecule has 1 rings (SSSR count). The van der Waals surface area contributed by atoms with Crippen LogP contribution in [0.3, 0.4) is 0 Å². The molecule has 150 valence electrons. The third kappa shape index (κ3) is 9.58. The number of ether oxygens (including phenoxy) is 2. The molecule has 0 N–H and O–H groups in total. The quantitative estimate of drug-likeness (QED) is 0.272. The second-order valence-corrected chi connectivity index (χ2v) is 7.42. The van der Waals surface area contributed by atoms with Gasteiger partial charge >= 0.3 is 0 Å². The first kappa shape index (κ1) is 24.9. The third-order valence-corrected chi connectivity index (χ3v) is 4.64. The zero-order valence-electron chi connectivity index (χ0n) is 17.1. The summed E-state index contributed by atoms with van der Waals surface area (Å²) in [5.74, 6) is 1.34. The Labute approximate surface area is 170 Å². The van der Waals surface area contributed by atoms with Crippen LogP contribution in [-0.2, 0) is 0 Å². The van der Waals surface area contributed by atoms with E-state index in [2.05, 4.69) is 21.0 Å². The number of hydrogen-bond donors (Lipinski definition) is 0. The van der Waals surface area contributed by atoms with Gasteiger partial charge in [-0.1, -0.05) is 32.6 Å². The minimum absolute atomic E-state index is 0. The molecule has 0 atom stereocenters. The van der Waals surface area contributed by atoms with Crippen molar-refractivity contribution in [2.45, 2.75) is 52.4 Å². The first-order valence-electron chi connectivity index (χ1n) is 9.53. The van der Waals surface area contributed by atoms with Crippen molar-refractivity contribution < 1.29 is 35.7 Å². The Bertz CT molecular complexity index is 532. The molecule has 0 saturated heterocycles. The predicted molar refractivity (Wildman–Crippen MR) is 104 cm³/mol. The summed E-state index contributed by atoms with van der Waals surface area (Å²) >= 11 is 0. The van der Waals surface area contributed by atoms with Crippen molar-refractivity contribution in [3.63, 3.8) is 0 Å². The van der Waals surface area contributed by atoms with Crippen LogP contribution in [0.1, 0.15) is 62.7 Å². The van der Waals surface area contributed by atoms with Gasteiger partial charge in [0.1, 0.15) is 24.7 Å². The molecule has 1 aromatic carbocycles. The average molecular weight is 430 g/mol. The summed E-state index contributed by atoms with van der Waals surface area (Å²) in [4.78, 5) is 11.8. The lowest BCUT2D eigenvalue weighted by molar-refractivity contribution is -0.890. The smallest absolute Gasteiger partial charge is 0.163 e. The molecule has 0 radical (unpaired) electrons. The summed E-state index contributed by atoms with van der Waals surface area (Å²) in [7, 11) is 6.10. The number of quaternary nitrogens is 1. The molecule has 0 fully saturated rings. The van der Waals surface area contributed by atoms with E-state index < -0.39 is 0 Å². The van der Waals surface area contributed by atoms with Gasteiger partial charge < -0.3 is 30.9 Å². The van der Waals surface area contributed by atoms with E-state index in [1.165, 1.54) is 38.5 Å². The van der Waals surface area contributed by atoms with Crippen molar-refractivity contribution in [1.82, 2.24) is 0 Å². The summed E-state index contributed by atoms with van der Waals surface area (Å²) in [5.41, 5.74) is 0.613. The lowest BCUT2D eigenvalue weighted by atomic mass is 10.1. The van der Waals surface area contributed by atoms with Gasteiger partial charge in [0.2, 0.25) is 0 Å². The molecular weight excluding hydrogens is 394 g/mol. The Kier molecular flexibility index (Phi) is 12.6. The normalized spacial score (nSPS) is 11.0. The summed E-state index contributed by atoms with van der Waals surface area (Å²) < 4.78 is 12.1. The highest BCUT2D eigenvalue weighted by Crippen LogP contribution is 2.25. The minimum Gasteiger partial charge on any atom is -1.00 e. The van der Waals surface area contributed by atoms with Crippen LogP contribution in [0.4, 0.5) is 0 Å². The molecule has 0 spiro atoms. The molecule has 0 amide bonds. The summed E-state index contributed by atoms with van der Waals surface area (Å²) in [5, 5.41) is 0. The molecule has 0 heterocycles. The fraction of sp³-hybridized carbons (Fsp3) is 0.667. The molecule has 0 aliphatic carbocycles. The number of nitrogens with zero attached hydrogens (tertiary/aromatic N) is 1. The van der Waals surface area contributed by atoms with Crippen LogP contribution in [0.25, 0.3) is 0 Å². The lowest BCUT2D eigenvalue weighted by Crippen LogP contribution is -3.00. The van der Waals surface area contributed by atoms with Crippen LogP contribution in [-0.4, -0.2) is 51.2 Å². The topological polar surface area (TPSA) is 35.5 Å². The van der Waals surface area contributed by atoms with Crippen LogP contribution in [0.2, 0.25) is 0 Å². The van der Waals surface area contributed by atoms with E-state index in [1.54, 1.807) is 32.2 Å². The maximum atomic E-state index is 11.8. The van der Waals surface area contributed by atoms with Gasteiger partial charge in [0.05, 0.1) is 33.3 Å². The number of ketones is 1. The molecule has 0 bridgehead atoms. The molecule has 0 saturated carbocycles. The monoisotopic (exact) mass is 429 g/mol. The van der Waals surface area contributed by atoms with Crippen molar-refractivity contribution >= 4 is 5.78 Å². The Morgan fingerprint density at radius 1 is 1.04 bits per heavy atom. The molecule has 4 nitrogen and oxygen atoms in total. The highest BCUT2D eigenvalue weighted by molar-refractivity contribution is 5.97. The van der Waals surface area contributed by atoms with Crippen molar-refractivity contribution in [1.29, 1.82) is 0 Å². The van der Waals surface area contributed by atoms with E-state index in [9.17, 15) is 4.79 Å². The molecule has 26 heavy (non-hydrogen) atoms. The van der Waals surface area contributed by atoms with Crippen LogP contribution in [0, 0.1) is 0 Å². The highest BCUT2D eigenvalue weighted by atomic mass is 79.9. The van der Waals surface area contributed by atoms with Crippen LogP contribution in [0.5, 0.6) is 11.5 Å². The molecule has 0 aliphatic heterocycles. The molecule has 0 unspecified atom stereocenters. The third-order valence-electron chi connectivity index (χ3n) is 4.64. The number of benzene rings is 1. The number of unbranched alkanes of at least 4 members (excludes halogenated alkanes) is 5. The van der Waals surface area contributed by atoms with E-state index >= 15 is 0 Å². The van der Waals surface area contributed by atoms with Gasteiger partial charge in [0, 0.05) is 6.07 Å². The summed E-state index contributed by atoms with van der Waals surface area (Å²) in [6.07, 6.45) is 7.92. The molecule has 5 heteroatoms. The van der Waals surface area contributed by atoms with Crippen molar-refractivity contribution in [3.8, 4) is 11.5 Å². The maximum Gasteiger partial charge on any atom is 0.163 e. The Morgan fingerprint density at radius 2 is 1.69 bits per heavy atom. The molecule has 0 aliphatic rings. The number of carbonyl (C=O) groups is 1. The van der Waals surface area contributed by atoms with E-state index in [-0.39, 0.29) is 22.8 Å². The number of carbonyl (C=O) groups excluding carboxylic acids is 1. The van der Waals surface area contributed by atoms with Gasteiger partial charge in [0.15, 0.2) is 5.78 Å². The van der Waals surface area contributed by atoms with E-state index in [4.69, 9.17) is 9.47 Å². The highest BCUT2D eigenvalue weighted by Gasteiger charge is 2.16. The Balaban J connectivity index is 0.00000625. The van der Waals surface area contributed by atoms with Gasteiger partial charge in [-0.25, -0.2) is 0 Å². The first-order valence-corrected chi connectivity index (χ1v) is 9.53. The number of Topliss-reactive ketones (excluding diaryl/α,β-unsaturated/α-hetero) is 1. The molecular formula is C21H36BrNO3. The number of halogens is 1. The minimum atomic E-state index is 0. The fourth-order valence-electron chi connectivity index (χ4n) is 2.87. The number of hydrogen-bond acceptors (Lipinski definition) is 3. The van der Waals surface area contributed by atoms with E-state index in [0.717, 1.165) is 17.6 Å².